The molecule has 1 aliphatic rings. The molecule has 1 aliphatic heterocycles. The lowest BCUT2D eigenvalue weighted by atomic mass is 10.1. The number of fused-ring (bicyclic) bond motifs is 1. The number of hydrogen-bond donors (Lipinski definition) is 0. The molecular weight excluding hydrogens is 468 g/mol. The first-order valence-electron chi connectivity index (χ1n) is 9.58. The van der Waals surface area contributed by atoms with Crippen molar-refractivity contribution in [3.05, 3.63) is 71.2 Å². The molecule has 3 aromatic rings. The van der Waals surface area contributed by atoms with Crippen molar-refractivity contribution >= 4 is 42.6 Å². The number of piperazine rings is 1. The van der Waals surface area contributed by atoms with E-state index >= 15 is 0 Å². The Morgan fingerprint density at radius 2 is 1.57 bits per heavy atom. The Labute approximate surface area is 184 Å². The van der Waals surface area contributed by atoms with Gasteiger partial charge in [-0.3, -0.25) is 4.79 Å². The highest BCUT2D eigenvalue weighted by atomic mass is 79.9. The van der Waals surface area contributed by atoms with Crippen molar-refractivity contribution < 1.29 is 17.9 Å². The van der Waals surface area contributed by atoms with Crippen molar-refractivity contribution in [2.75, 3.05) is 32.8 Å². The van der Waals surface area contributed by atoms with Crippen LogP contribution >= 0.6 is 15.9 Å². The molecule has 0 atom stereocenters. The first-order chi connectivity index (χ1) is 14.4. The van der Waals surface area contributed by atoms with E-state index in [2.05, 4.69) is 15.9 Å². The molecule has 1 saturated heterocycles. The third-order valence-electron chi connectivity index (χ3n) is 5.11. The van der Waals surface area contributed by atoms with Crippen LogP contribution in [0.5, 0.6) is 5.75 Å². The molecule has 1 amide bonds. The van der Waals surface area contributed by atoms with E-state index in [1.165, 1.54) is 4.31 Å². The van der Waals surface area contributed by atoms with Crippen molar-refractivity contribution in [2.24, 2.45) is 0 Å². The lowest BCUT2D eigenvalue weighted by Gasteiger charge is -2.34. The minimum absolute atomic E-state index is 0.0759. The summed E-state index contributed by atoms with van der Waals surface area (Å²) in [6, 6.07) is 20.0. The molecule has 0 N–H and O–H groups in total. The van der Waals surface area contributed by atoms with Crippen LogP contribution in [0.2, 0.25) is 0 Å². The predicted octanol–water partition coefficient (Wildman–Crippen LogP) is 3.51. The zero-order valence-electron chi connectivity index (χ0n) is 16.2. The molecule has 4 rings (SSSR count). The SMILES string of the molecule is O=C(COc1ccc2cc(Br)ccc2c1)N1CCN(S(=O)(=O)c2ccccc2)CC1. The number of halogens is 1. The lowest BCUT2D eigenvalue weighted by Crippen LogP contribution is -2.51. The van der Waals surface area contributed by atoms with Crippen molar-refractivity contribution in [2.45, 2.75) is 4.90 Å². The van der Waals surface area contributed by atoms with Gasteiger partial charge in [0.05, 0.1) is 4.90 Å². The molecular formula is C22H21BrN2O4S. The van der Waals surface area contributed by atoms with Crippen molar-refractivity contribution in [3.8, 4) is 5.75 Å². The van der Waals surface area contributed by atoms with Crippen LogP contribution in [0.4, 0.5) is 0 Å². The van der Waals surface area contributed by atoms with Crippen LogP contribution in [0, 0.1) is 0 Å². The van der Waals surface area contributed by atoms with E-state index in [-0.39, 0.29) is 30.5 Å². The van der Waals surface area contributed by atoms with Gasteiger partial charge in [0.1, 0.15) is 5.75 Å². The van der Waals surface area contributed by atoms with Gasteiger partial charge in [0.15, 0.2) is 6.61 Å². The highest BCUT2D eigenvalue weighted by Crippen LogP contribution is 2.24. The third kappa shape index (κ3) is 4.50. The van der Waals surface area contributed by atoms with Gasteiger partial charge < -0.3 is 9.64 Å². The number of carbonyl (C=O) groups excluding carboxylic acids is 1. The number of hydrogen-bond acceptors (Lipinski definition) is 4. The summed E-state index contributed by atoms with van der Waals surface area (Å²) in [6.07, 6.45) is 0. The Morgan fingerprint density at radius 1 is 0.900 bits per heavy atom. The van der Waals surface area contributed by atoms with Crippen LogP contribution in [0.15, 0.2) is 76.1 Å². The topological polar surface area (TPSA) is 66.9 Å². The molecule has 0 unspecified atom stereocenters. The Kier molecular flexibility index (Phi) is 6.08. The van der Waals surface area contributed by atoms with Crippen LogP contribution in [-0.2, 0) is 14.8 Å². The van der Waals surface area contributed by atoms with E-state index in [0.717, 1.165) is 15.2 Å². The maximum absolute atomic E-state index is 12.7. The van der Waals surface area contributed by atoms with Crippen molar-refractivity contribution in [3.63, 3.8) is 0 Å². The second-order valence-electron chi connectivity index (χ2n) is 7.04. The Hall–Kier alpha value is -2.42. The van der Waals surface area contributed by atoms with E-state index < -0.39 is 10.0 Å². The van der Waals surface area contributed by atoms with Gasteiger partial charge in [0.2, 0.25) is 10.0 Å². The smallest absolute Gasteiger partial charge is 0.260 e. The first kappa shape index (κ1) is 20.8. The van der Waals surface area contributed by atoms with Gasteiger partial charge in [-0.2, -0.15) is 4.31 Å². The summed E-state index contributed by atoms with van der Waals surface area (Å²) in [7, 11) is -3.53. The average molecular weight is 489 g/mol. The van der Waals surface area contributed by atoms with Crippen LogP contribution in [0.25, 0.3) is 10.8 Å². The van der Waals surface area contributed by atoms with Gasteiger partial charge in [-0.15, -0.1) is 0 Å². The zero-order valence-corrected chi connectivity index (χ0v) is 18.6. The molecule has 8 heteroatoms. The highest BCUT2D eigenvalue weighted by molar-refractivity contribution is 9.10. The number of ether oxygens (including phenoxy) is 1. The molecule has 6 nitrogen and oxygen atoms in total. The van der Waals surface area contributed by atoms with E-state index in [0.29, 0.717) is 18.8 Å². The molecule has 1 heterocycles. The quantitative estimate of drug-likeness (QED) is 0.550. The van der Waals surface area contributed by atoms with Gasteiger partial charge in [-0.25, -0.2) is 8.42 Å². The Bertz CT molecular complexity index is 1160. The summed E-state index contributed by atoms with van der Waals surface area (Å²) in [5, 5.41) is 2.11. The molecule has 0 bridgehead atoms. The average Bonchev–Trinajstić information content (AvgIpc) is 2.78. The molecule has 0 aliphatic carbocycles. The summed E-state index contributed by atoms with van der Waals surface area (Å²) in [5.74, 6) is 0.478. The summed E-state index contributed by atoms with van der Waals surface area (Å²) < 4.78 is 33.5. The van der Waals surface area contributed by atoms with Crippen LogP contribution in [0.3, 0.4) is 0 Å². The minimum Gasteiger partial charge on any atom is -0.484 e. The normalized spacial score (nSPS) is 15.3. The number of nitrogens with zero attached hydrogens (tertiary/aromatic N) is 2. The number of benzene rings is 3. The second-order valence-corrected chi connectivity index (χ2v) is 9.89. The largest absolute Gasteiger partial charge is 0.484 e. The van der Waals surface area contributed by atoms with E-state index in [1.54, 1.807) is 35.2 Å². The van der Waals surface area contributed by atoms with Gasteiger partial charge in [0.25, 0.3) is 5.91 Å². The van der Waals surface area contributed by atoms with Gasteiger partial charge >= 0.3 is 0 Å². The van der Waals surface area contributed by atoms with Crippen molar-refractivity contribution in [1.29, 1.82) is 0 Å². The number of carbonyl (C=O) groups is 1. The first-order valence-corrected chi connectivity index (χ1v) is 11.8. The standard InChI is InChI=1S/C22H21BrN2O4S/c23-19-8-6-18-15-20(9-7-17(18)14-19)29-16-22(26)24-10-12-25(13-11-24)30(27,28)21-4-2-1-3-5-21/h1-9,14-15H,10-13,16H2. The molecule has 156 valence electrons. The van der Waals surface area contributed by atoms with Crippen LogP contribution in [-0.4, -0.2) is 56.3 Å². The fourth-order valence-electron chi connectivity index (χ4n) is 3.44. The minimum atomic E-state index is -3.53. The summed E-state index contributed by atoms with van der Waals surface area (Å²) in [5.41, 5.74) is 0. The Balaban J connectivity index is 1.33. The molecule has 0 spiro atoms. The number of sulfonamides is 1. The van der Waals surface area contributed by atoms with Gasteiger partial charge in [-0.05, 0) is 47.2 Å². The van der Waals surface area contributed by atoms with Gasteiger partial charge in [-0.1, -0.05) is 46.3 Å². The lowest BCUT2D eigenvalue weighted by molar-refractivity contribution is -0.134. The van der Waals surface area contributed by atoms with Crippen LogP contribution < -0.4 is 4.74 Å². The van der Waals surface area contributed by atoms with Crippen molar-refractivity contribution in [1.82, 2.24) is 9.21 Å². The van der Waals surface area contributed by atoms with Gasteiger partial charge in [0, 0.05) is 30.7 Å². The molecule has 0 saturated carbocycles. The monoisotopic (exact) mass is 488 g/mol. The van der Waals surface area contributed by atoms with Crippen LogP contribution in [0.1, 0.15) is 0 Å². The fraction of sp³-hybridized carbons (Fsp3) is 0.227. The molecule has 3 aromatic carbocycles. The van der Waals surface area contributed by atoms with E-state index in [4.69, 9.17) is 4.74 Å². The maximum atomic E-state index is 12.7. The molecule has 30 heavy (non-hydrogen) atoms. The second kappa shape index (κ2) is 8.75. The highest BCUT2D eigenvalue weighted by Gasteiger charge is 2.30. The number of amides is 1. The summed E-state index contributed by atoms with van der Waals surface area (Å²) in [4.78, 5) is 14.5. The third-order valence-corrected chi connectivity index (χ3v) is 7.51. The predicted molar refractivity (Wildman–Crippen MR) is 119 cm³/mol. The molecule has 0 aromatic heterocycles. The summed E-state index contributed by atoms with van der Waals surface area (Å²) in [6.45, 7) is 1.16. The Morgan fingerprint density at radius 3 is 2.30 bits per heavy atom. The fourth-order valence-corrected chi connectivity index (χ4v) is 5.26. The molecule has 1 fully saturated rings. The van der Waals surface area contributed by atoms with E-state index in [1.807, 2.05) is 36.4 Å². The summed E-state index contributed by atoms with van der Waals surface area (Å²) >= 11 is 3.45. The maximum Gasteiger partial charge on any atom is 0.260 e. The number of rotatable bonds is 5. The van der Waals surface area contributed by atoms with E-state index in [9.17, 15) is 13.2 Å². The zero-order chi connectivity index (χ0) is 21.1. The molecule has 0 radical (unpaired) electrons.